The van der Waals surface area contributed by atoms with E-state index in [1.165, 1.54) is 5.56 Å². The number of rotatable bonds is 8. The van der Waals surface area contributed by atoms with Crippen LogP contribution in [0.3, 0.4) is 0 Å². The summed E-state index contributed by atoms with van der Waals surface area (Å²) in [4.78, 5) is 7.55. The van der Waals surface area contributed by atoms with Crippen molar-refractivity contribution in [2.75, 3.05) is 38.2 Å². The number of piperazine rings is 1. The zero-order valence-electron chi connectivity index (χ0n) is 23.0. The lowest BCUT2D eigenvalue weighted by atomic mass is 9.89. The van der Waals surface area contributed by atoms with E-state index in [4.69, 9.17) is 9.72 Å². The fourth-order valence-electron chi connectivity index (χ4n) is 4.76. The Morgan fingerprint density at radius 2 is 1.51 bits per heavy atom. The topological polar surface area (TPSA) is 62.7 Å². The number of aromatic nitrogens is 1. The lowest BCUT2D eigenvalue weighted by Crippen LogP contribution is -2.49. The second-order valence-corrected chi connectivity index (χ2v) is 13.3. The third-order valence-corrected chi connectivity index (χ3v) is 9.98. The monoisotopic (exact) mass is 541 g/mol. The van der Waals surface area contributed by atoms with Crippen LogP contribution in [-0.2, 0) is 10.0 Å². The molecule has 0 radical (unpaired) electrons. The maximum atomic E-state index is 14.1. The molecule has 4 rings (SSSR count). The molecule has 0 amide bonds. The Balaban J connectivity index is 1.57. The first-order valence-electron chi connectivity index (χ1n) is 13.1. The van der Waals surface area contributed by atoms with Crippen LogP contribution in [0.5, 0.6) is 5.75 Å². The summed E-state index contributed by atoms with van der Waals surface area (Å²) in [6, 6.07) is 12.1. The van der Waals surface area contributed by atoms with Crippen LogP contribution >= 0.6 is 11.3 Å². The van der Waals surface area contributed by atoms with Crippen LogP contribution in [0.4, 0.5) is 5.13 Å². The number of hydrogen-bond acceptors (Lipinski definition) is 6. The minimum atomic E-state index is -3.63. The molecule has 0 atom stereocenters. The number of thiazole rings is 1. The molecule has 1 fully saturated rings. The van der Waals surface area contributed by atoms with Gasteiger partial charge in [0.1, 0.15) is 5.75 Å². The lowest BCUT2D eigenvalue weighted by molar-refractivity contribution is 0.383. The standard InChI is InChI=1S/C29H39N3O3S2/c1-19(2)23-16-25(20(3)4)28(26(17-23)21(5)6)37(33,34)32-13-11-31(12-14-32)29-30-27(18-36-29)22-9-8-10-24(15-22)35-7/h8-10,15-21H,11-14H2,1-7H3. The molecule has 6 nitrogen and oxygen atoms in total. The highest BCUT2D eigenvalue weighted by molar-refractivity contribution is 7.89. The van der Waals surface area contributed by atoms with Crippen molar-refractivity contribution in [1.82, 2.24) is 9.29 Å². The van der Waals surface area contributed by atoms with E-state index in [0.717, 1.165) is 33.3 Å². The molecule has 1 aliphatic heterocycles. The Morgan fingerprint density at radius 3 is 2.05 bits per heavy atom. The molecular formula is C29H39N3O3S2. The van der Waals surface area contributed by atoms with E-state index in [1.807, 2.05) is 29.6 Å². The summed E-state index contributed by atoms with van der Waals surface area (Å²) in [6.07, 6.45) is 0. The molecule has 1 aliphatic rings. The summed E-state index contributed by atoms with van der Waals surface area (Å²) in [5.41, 5.74) is 4.98. The number of anilines is 1. The number of sulfonamides is 1. The summed E-state index contributed by atoms with van der Waals surface area (Å²) < 4.78 is 35.2. The van der Waals surface area contributed by atoms with Gasteiger partial charge in [0.2, 0.25) is 10.0 Å². The van der Waals surface area contributed by atoms with Crippen LogP contribution in [0, 0.1) is 0 Å². The summed E-state index contributed by atoms with van der Waals surface area (Å²) in [7, 11) is -1.97. The number of ether oxygens (including phenoxy) is 1. The maximum Gasteiger partial charge on any atom is 0.243 e. The normalized spacial score (nSPS) is 15.2. The van der Waals surface area contributed by atoms with E-state index < -0.39 is 10.0 Å². The molecule has 2 heterocycles. The molecule has 0 bridgehead atoms. The van der Waals surface area contributed by atoms with Crippen molar-refractivity contribution in [2.24, 2.45) is 0 Å². The van der Waals surface area contributed by atoms with Crippen molar-refractivity contribution in [2.45, 2.75) is 64.2 Å². The van der Waals surface area contributed by atoms with Gasteiger partial charge < -0.3 is 9.64 Å². The molecule has 0 saturated carbocycles. The Bertz CT molecular complexity index is 1310. The first kappa shape index (κ1) is 27.6. The van der Waals surface area contributed by atoms with E-state index in [0.29, 0.717) is 37.0 Å². The van der Waals surface area contributed by atoms with Crippen LogP contribution in [0.2, 0.25) is 0 Å². The number of hydrogen-bond donors (Lipinski definition) is 0. The van der Waals surface area contributed by atoms with Crippen LogP contribution in [0.15, 0.2) is 46.7 Å². The molecule has 0 N–H and O–H groups in total. The van der Waals surface area contributed by atoms with Crippen LogP contribution in [0.1, 0.15) is 76.0 Å². The Morgan fingerprint density at radius 1 is 0.892 bits per heavy atom. The zero-order valence-corrected chi connectivity index (χ0v) is 24.6. The van der Waals surface area contributed by atoms with Gasteiger partial charge >= 0.3 is 0 Å². The van der Waals surface area contributed by atoms with E-state index in [2.05, 4.69) is 58.6 Å². The second kappa shape index (κ2) is 11.1. The molecule has 1 aromatic heterocycles. The van der Waals surface area contributed by atoms with Crippen LogP contribution < -0.4 is 9.64 Å². The molecule has 8 heteroatoms. The Hall–Kier alpha value is -2.42. The van der Waals surface area contributed by atoms with Gasteiger partial charge in [-0.1, -0.05) is 65.8 Å². The van der Waals surface area contributed by atoms with Crippen molar-refractivity contribution in [1.29, 1.82) is 0 Å². The maximum absolute atomic E-state index is 14.1. The van der Waals surface area contributed by atoms with E-state index >= 15 is 0 Å². The summed E-state index contributed by atoms with van der Waals surface area (Å²) >= 11 is 1.59. The fourth-order valence-corrected chi connectivity index (χ4v) is 7.74. The van der Waals surface area contributed by atoms with Crippen molar-refractivity contribution in [3.8, 4) is 17.0 Å². The molecule has 37 heavy (non-hydrogen) atoms. The van der Waals surface area contributed by atoms with Gasteiger partial charge in [-0.2, -0.15) is 4.31 Å². The van der Waals surface area contributed by atoms with Crippen LogP contribution in [-0.4, -0.2) is 51.0 Å². The zero-order chi connectivity index (χ0) is 26.9. The molecule has 0 unspecified atom stereocenters. The molecule has 1 saturated heterocycles. The third-order valence-electron chi connectivity index (χ3n) is 7.04. The van der Waals surface area contributed by atoms with Gasteiger partial charge in [0.25, 0.3) is 0 Å². The summed E-state index contributed by atoms with van der Waals surface area (Å²) in [5.74, 6) is 1.38. The first-order chi connectivity index (χ1) is 17.5. The van der Waals surface area contributed by atoms with Crippen LogP contribution in [0.25, 0.3) is 11.3 Å². The van der Waals surface area contributed by atoms with Crippen molar-refractivity contribution < 1.29 is 13.2 Å². The average Bonchev–Trinajstić information content (AvgIpc) is 3.38. The van der Waals surface area contributed by atoms with Gasteiger partial charge in [-0.25, -0.2) is 13.4 Å². The average molecular weight is 542 g/mol. The van der Waals surface area contributed by atoms with Gasteiger partial charge in [-0.05, 0) is 46.6 Å². The fraction of sp³-hybridized carbons (Fsp3) is 0.483. The smallest absolute Gasteiger partial charge is 0.243 e. The van der Waals surface area contributed by atoms with Gasteiger partial charge in [0.15, 0.2) is 5.13 Å². The predicted molar refractivity (Wildman–Crippen MR) is 154 cm³/mol. The highest BCUT2D eigenvalue weighted by atomic mass is 32.2. The van der Waals surface area contributed by atoms with Crippen molar-refractivity contribution in [3.05, 3.63) is 58.5 Å². The Labute approximate surface area is 226 Å². The SMILES string of the molecule is COc1cccc(-c2csc(N3CCN(S(=O)(=O)c4c(C(C)C)cc(C(C)C)cc4C(C)C)CC3)n2)c1. The van der Waals surface area contributed by atoms with Gasteiger partial charge in [0, 0.05) is 37.1 Å². The summed E-state index contributed by atoms with van der Waals surface area (Å²) in [5, 5.41) is 2.97. The Kier molecular flexibility index (Phi) is 8.31. The number of nitrogens with zero attached hydrogens (tertiary/aromatic N) is 3. The van der Waals surface area contributed by atoms with E-state index in [-0.39, 0.29) is 11.8 Å². The lowest BCUT2D eigenvalue weighted by Gasteiger charge is -2.35. The molecule has 3 aromatic rings. The molecule has 2 aromatic carbocycles. The summed E-state index contributed by atoms with van der Waals surface area (Å²) in [6.45, 7) is 14.8. The number of methoxy groups -OCH3 is 1. The van der Waals surface area contributed by atoms with E-state index in [1.54, 1.807) is 22.8 Å². The predicted octanol–water partition coefficient (Wildman–Crippen LogP) is 6.70. The van der Waals surface area contributed by atoms with E-state index in [9.17, 15) is 8.42 Å². The number of benzene rings is 2. The minimum absolute atomic E-state index is 0.118. The molecule has 0 spiro atoms. The molecule has 0 aliphatic carbocycles. The highest BCUT2D eigenvalue weighted by Gasteiger charge is 2.34. The van der Waals surface area contributed by atoms with Crippen molar-refractivity contribution >= 4 is 26.5 Å². The van der Waals surface area contributed by atoms with Gasteiger partial charge in [0.05, 0.1) is 17.7 Å². The minimum Gasteiger partial charge on any atom is -0.497 e. The van der Waals surface area contributed by atoms with Crippen molar-refractivity contribution in [3.63, 3.8) is 0 Å². The molecule has 200 valence electrons. The second-order valence-electron chi connectivity index (χ2n) is 10.6. The highest BCUT2D eigenvalue weighted by Crippen LogP contribution is 2.37. The quantitative estimate of drug-likeness (QED) is 0.318. The largest absolute Gasteiger partial charge is 0.497 e. The van der Waals surface area contributed by atoms with Gasteiger partial charge in [-0.15, -0.1) is 11.3 Å². The van der Waals surface area contributed by atoms with Gasteiger partial charge in [-0.3, -0.25) is 0 Å². The first-order valence-corrected chi connectivity index (χ1v) is 15.4. The third kappa shape index (κ3) is 5.71. The molecular weight excluding hydrogens is 502 g/mol.